The maximum atomic E-state index is 13.7. The molecule has 1 atom stereocenters. The minimum atomic E-state index is -0.614. The maximum absolute atomic E-state index is 13.7. The van der Waals surface area contributed by atoms with E-state index < -0.39 is 11.9 Å². The number of nitrogens with one attached hydrogen (secondary N) is 2. The SMILES string of the molecule is C=N/C(=N\C=C/C)C(Nc1cc(Cl)c2ncc(C#N)c(Nc3ccc(F)c(Cl)c3)c2c1)c1ccc(F)cc1. The van der Waals surface area contributed by atoms with Crippen LogP contribution in [0.5, 0.6) is 0 Å². The van der Waals surface area contributed by atoms with E-state index in [0.29, 0.717) is 44.4 Å². The zero-order valence-electron chi connectivity index (χ0n) is 20.0. The zero-order valence-corrected chi connectivity index (χ0v) is 21.5. The van der Waals surface area contributed by atoms with Gasteiger partial charge in [0.05, 0.1) is 26.8 Å². The quantitative estimate of drug-likeness (QED) is 0.180. The van der Waals surface area contributed by atoms with E-state index in [1.165, 1.54) is 36.5 Å². The molecule has 190 valence electrons. The molecule has 10 heteroatoms. The zero-order chi connectivity index (χ0) is 27.2. The third-order valence-electron chi connectivity index (χ3n) is 5.52. The first-order chi connectivity index (χ1) is 18.3. The largest absolute Gasteiger partial charge is 0.371 e. The van der Waals surface area contributed by atoms with Crippen LogP contribution in [-0.2, 0) is 0 Å². The van der Waals surface area contributed by atoms with Crippen molar-refractivity contribution in [3.63, 3.8) is 0 Å². The number of hydrogen-bond acceptors (Lipinski definition) is 5. The van der Waals surface area contributed by atoms with Gasteiger partial charge in [-0.25, -0.2) is 18.8 Å². The van der Waals surface area contributed by atoms with Gasteiger partial charge in [0.15, 0.2) is 5.84 Å². The van der Waals surface area contributed by atoms with Gasteiger partial charge in [-0.3, -0.25) is 4.98 Å². The van der Waals surface area contributed by atoms with Crippen molar-refractivity contribution in [2.75, 3.05) is 10.6 Å². The molecular weight excluding hydrogens is 529 g/mol. The predicted octanol–water partition coefficient (Wildman–Crippen LogP) is 8.22. The molecule has 1 heterocycles. The Balaban J connectivity index is 1.85. The van der Waals surface area contributed by atoms with Gasteiger partial charge in [-0.05, 0) is 61.7 Å². The van der Waals surface area contributed by atoms with Gasteiger partial charge in [-0.15, -0.1) is 0 Å². The molecule has 2 N–H and O–H groups in total. The van der Waals surface area contributed by atoms with Crippen LogP contribution in [0.1, 0.15) is 24.1 Å². The third-order valence-corrected chi connectivity index (χ3v) is 6.10. The summed E-state index contributed by atoms with van der Waals surface area (Å²) in [5.41, 5.74) is 2.79. The fraction of sp³-hybridized carbons (Fsp3) is 0.0714. The molecule has 0 spiro atoms. The molecule has 1 unspecified atom stereocenters. The van der Waals surface area contributed by atoms with Crippen molar-refractivity contribution >= 4 is 63.7 Å². The molecule has 0 saturated carbocycles. The number of aromatic nitrogens is 1. The van der Waals surface area contributed by atoms with E-state index in [-0.39, 0.29) is 16.4 Å². The number of nitriles is 1. The van der Waals surface area contributed by atoms with Crippen LogP contribution in [0.3, 0.4) is 0 Å². The molecule has 3 aromatic carbocycles. The van der Waals surface area contributed by atoms with E-state index in [1.807, 2.05) is 6.92 Å². The van der Waals surface area contributed by atoms with Gasteiger partial charge in [-0.2, -0.15) is 5.26 Å². The lowest BCUT2D eigenvalue weighted by atomic mass is 10.0. The second-order valence-corrected chi connectivity index (χ2v) is 8.84. The van der Waals surface area contributed by atoms with Gasteiger partial charge in [0.25, 0.3) is 0 Å². The summed E-state index contributed by atoms with van der Waals surface area (Å²) in [6, 6.07) is 15.0. The number of halogens is 4. The molecule has 0 radical (unpaired) electrons. The molecule has 0 saturated heterocycles. The second-order valence-electron chi connectivity index (χ2n) is 8.02. The van der Waals surface area contributed by atoms with Gasteiger partial charge >= 0.3 is 0 Å². The minimum absolute atomic E-state index is 0.0701. The Hall–Kier alpha value is -4.32. The summed E-state index contributed by atoms with van der Waals surface area (Å²) >= 11 is 12.6. The number of benzene rings is 3. The van der Waals surface area contributed by atoms with Crippen LogP contribution < -0.4 is 10.6 Å². The van der Waals surface area contributed by atoms with E-state index in [9.17, 15) is 14.0 Å². The summed E-state index contributed by atoms with van der Waals surface area (Å²) in [5.74, 6) is -0.606. The average Bonchev–Trinajstić information content (AvgIpc) is 2.91. The molecule has 0 aliphatic rings. The van der Waals surface area contributed by atoms with Gasteiger partial charge < -0.3 is 10.6 Å². The monoisotopic (exact) mass is 548 g/mol. The van der Waals surface area contributed by atoms with Gasteiger partial charge in [0, 0.05) is 29.2 Å². The molecule has 4 rings (SSSR count). The molecule has 0 bridgehead atoms. The summed E-state index contributed by atoms with van der Waals surface area (Å²) in [7, 11) is 0. The standard InChI is InChI=1S/C28H20Cl2F2N6/c1-3-10-35-28(34-2)26(16-4-6-18(31)7-5-16)38-20-11-21-25(37-19-8-9-24(32)22(29)12-19)17(14-33)15-36-27(21)23(30)13-20/h3-13,15,26,38H,2H2,1H3,(H,36,37)/b10-3-,35-28-. The fourth-order valence-electron chi connectivity index (χ4n) is 3.76. The number of rotatable bonds is 7. The molecule has 38 heavy (non-hydrogen) atoms. The van der Waals surface area contributed by atoms with Crippen LogP contribution in [-0.4, -0.2) is 17.5 Å². The Morgan fingerprint density at radius 1 is 1.08 bits per heavy atom. The molecule has 0 aliphatic carbocycles. The highest BCUT2D eigenvalue weighted by atomic mass is 35.5. The summed E-state index contributed by atoms with van der Waals surface area (Å²) in [6.07, 6.45) is 4.72. The van der Waals surface area contributed by atoms with Crippen molar-refractivity contribution < 1.29 is 8.78 Å². The van der Waals surface area contributed by atoms with Gasteiger partial charge in [0.2, 0.25) is 0 Å². The van der Waals surface area contributed by atoms with E-state index >= 15 is 0 Å². The number of pyridine rings is 1. The lowest BCUT2D eigenvalue weighted by Gasteiger charge is -2.21. The number of allylic oxidation sites excluding steroid dienone is 1. The first kappa shape index (κ1) is 26.7. The number of amidine groups is 1. The van der Waals surface area contributed by atoms with Crippen molar-refractivity contribution in [2.24, 2.45) is 9.98 Å². The summed E-state index contributed by atoms with van der Waals surface area (Å²) in [6.45, 7) is 5.45. The Morgan fingerprint density at radius 3 is 2.47 bits per heavy atom. The van der Waals surface area contributed by atoms with Crippen LogP contribution in [0.2, 0.25) is 10.0 Å². The summed E-state index contributed by atoms with van der Waals surface area (Å²) < 4.78 is 27.4. The van der Waals surface area contributed by atoms with Crippen LogP contribution in [0.15, 0.2) is 83.1 Å². The number of anilines is 3. The van der Waals surface area contributed by atoms with Crippen LogP contribution in [0, 0.1) is 23.0 Å². The Kier molecular flexibility index (Phi) is 8.31. The highest BCUT2D eigenvalue weighted by molar-refractivity contribution is 6.36. The van der Waals surface area contributed by atoms with E-state index in [1.54, 1.807) is 36.5 Å². The van der Waals surface area contributed by atoms with Crippen molar-refractivity contribution in [3.05, 3.63) is 106 Å². The Morgan fingerprint density at radius 2 is 1.82 bits per heavy atom. The van der Waals surface area contributed by atoms with Gasteiger partial charge in [0.1, 0.15) is 23.7 Å². The molecular formula is C28H20Cl2F2N6. The molecule has 0 fully saturated rings. The lowest BCUT2D eigenvalue weighted by molar-refractivity contribution is 0.627. The first-order valence-electron chi connectivity index (χ1n) is 11.3. The average molecular weight is 549 g/mol. The topological polar surface area (TPSA) is 85.5 Å². The molecule has 0 aliphatic heterocycles. The third kappa shape index (κ3) is 5.80. The van der Waals surface area contributed by atoms with Crippen molar-refractivity contribution in [3.8, 4) is 6.07 Å². The maximum Gasteiger partial charge on any atom is 0.154 e. The van der Waals surface area contributed by atoms with Crippen molar-refractivity contribution in [1.29, 1.82) is 5.26 Å². The number of nitrogens with zero attached hydrogens (tertiary/aromatic N) is 4. The smallest absolute Gasteiger partial charge is 0.154 e. The fourth-order valence-corrected chi connectivity index (χ4v) is 4.21. The Labute approximate surface area is 228 Å². The summed E-state index contributed by atoms with van der Waals surface area (Å²) in [5, 5.41) is 17.0. The predicted molar refractivity (Wildman–Crippen MR) is 151 cm³/mol. The number of fused-ring (bicyclic) bond motifs is 1. The second kappa shape index (κ2) is 11.8. The van der Waals surface area contributed by atoms with Crippen molar-refractivity contribution in [1.82, 2.24) is 4.98 Å². The number of aliphatic imine (C=N–C) groups is 2. The van der Waals surface area contributed by atoms with E-state index in [4.69, 9.17) is 23.2 Å². The highest BCUT2D eigenvalue weighted by Crippen LogP contribution is 2.36. The van der Waals surface area contributed by atoms with E-state index in [0.717, 1.165) is 0 Å². The highest BCUT2D eigenvalue weighted by Gasteiger charge is 2.20. The van der Waals surface area contributed by atoms with E-state index in [2.05, 4.69) is 38.4 Å². The van der Waals surface area contributed by atoms with Crippen molar-refractivity contribution in [2.45, 2.75) is 13.0 Å². The minimum Gasteiger partial charge on any atom is -0.371 e. The van der Waals surface area contributed by atoms with Crippen LogP contribution in [0.4, 0.5) is 25.8 Å². The molecule has 0 amide bonds. The molecule has 4 aromatic rings. The normalized spacial score (nSPS) is 12.4. The molecule has 1 aromatic heterocycles. The number of hydrogen-bond donors (Lipinski definition) is 2. The van der Waals surface area contributed by atoms with Gasteiger partial charge in [-0.1, -0.05) is 41.4 Å². The molecule has 6 nitrogen and oxygen atoms in total. The van der Waals surface area contributed by atoms with Crippen LogP contribution in [0.25, 0.3) is 10.9 Å². The van der Waals surface area contributed by atoms with Crippen LogP contribution >= 0.6 is 23.2 Å². The lowest BCUT2D eigenvalue weighted by Crippen LogP contribution is -2.19. The Bertz CT molecular complexity index is 1610. The first-order valence-corrected chi connectivity index (χ1v) is 12.0. The summed E-state index contributed by atoms with van der Waals surface area (Å²) in [4.78, 5) is 12.8.